The van der Waals surface area contributed by atoms with Gasteiger partial charge in [0.15, 0.2) is 5.65 Å². The van der Waals surface area contributed by atoms with Gasteiger partial charge in [-0.15, -0.1) is 0 Å². The van der Waals surface area contributed by atoms with Crippen molar-refractivity contribution >= 4 is 22.5 Å². The highest BCUT2D eigenvalue weighted by Gasteiger charge is 2.24. The normalized spacial score (nSPS) is 15.9. The monoisotopic (exact) mass is 388 g/mol. The first kappa shape index (κ1) is 17.9. The van der Waals surface area contributed by atoms with Crippen LogP contribution < -0.4 is 5.32 Å². The first-order valence-electron chi connectivity index (χ1n) is 10.1. The lowest BCUT2D eigenvalue weighted by molar-refractivity contribution is 0.0964. The molecule has 1 fully saturated rings. The van der Waals surface area contributed by atoms with Gasteiger partial charge in [-0.1, -0.05) is 18.2 Å². The van der Waals surface area contributed by atoms with Crippen molar-refractivity contribution in [3.63, 3.8) is 0 Å². The number of fused-ring (bicyclic) bond motifs is 2. The van der Waals surface area contributed by atoms with Gasteiger partial charge >= 0.3 is 0 Å². The molecule has 1 aliphatic heterocycles. The molecule has 0 unspecified atom stereocenters. The summed E-state index contributed by atoms with van der Waals surface area (Å²) in [5.74, 6) is 0.260. The minimum Gasteiger partial charge on any atom is -0.361 e. The van der Waals surface area contributed by atoms with Crippen LogP contribution >= 0.6 is 0 Å². The maximum absolute atomic E-state index is 12.0. The zero-order valence-electron chi connectivity index (χ0n) is 16.4. The van der Waals surface area contributed by atoms with Crippen molar-refractivity contribution < 1.29 is 4.79 Å². The van der Waals surface area contributed by atoms with Gasteiger partial charge in [0, 0.05) is 48.5 Å². The van der Waals surface area contributed by atoms with Crippen molar-refractivity contribution in [3.8, 4) is 0 Å². The predicted octanol–water partition coefficient (Wildman–Crippen LogP) is 2.95. The molecule has 7 heteroatoms. The number of aromatic amines is 1. The van der Waals surface area contributed by atoms with Gasteiger partial charge in [-0.05, 0) is 43.6 Å². The molecule has 0 radical (unpaired) electrons. The van der Waals surface area contributed by atoms with Crippen LogP contribution in [0.5, 0.6) is 0 Å². The SMILES string of the molecule is CNC(=O)c1cnn2c(C3CCN(Cc4c[nH]c5ccccc45)CC3)ccnc12. The number of benzene rings is 1. The third-order valence-corrected chi connectivity index (χ3v) is 5.98. The number of para-hydroxylation sites is 1. The highest BCUT2D eigenvalue weighted by atomic mass is 16.1. The Kier molecular flexibility index (Phi) is 4.52. The lowest BCUT2D eigenvalue weighted by Gasteiger charge is -2.32. The minimum atomic E-state index is -0.154. The Morgan fingerprint density at radius 1 is 1.24 bits per heavy atom. The number of carbonyl (C=O) groups excluding carboxylic acids is 1. The third-order valence-electron chi connectivity index (χ3n) is 5.98. The summed E-state index contributed by atoms with van der Waals surface area (Å²) < 4.78 is 1.84. The van der Waals surface area contributed by atoms with E-state index < -0.39 is 0 Å². The smallest absolute Gasteiger partial charge is 0.256 e. The number of hydrogen-bond acceptors (Lipinski definition) is 4. The number of H-pyrrole nitrogens is 1. The first-order valence-corrected chi connectivity index (χ1v) is 10.1. The standard InChI is InChI=1S/C22H24N6O/c1-23-22(29)18-13-26-28-20(6-9-24-21(18)28)15-7-10-27(11-8-15)14-16-12-25-19-5-3-2-4-17(16)19/h2-6,9,12-13,15,25H,7-8,10-11,14H2,1H3,(H,23,29). The molecule has 1 aromatic carbocycles. The van der Waals surface area contributed by atoms with E-state index in [1.807, 2.05) is 10.6 Å². The van der Waals surface area contributed by atoms with Crippen molar-refractivity contribution in [2.75, 3.05) is 20.1 Å². The van der Waals surface area contributed by atoms with Gasteiger partial charge in [0.1, 0.15) is 5.56 Å². The second kappa shape index (κ2) is 7.33. The molecule has 0 bridgehead atoms. The van der Waals surface area contributed by atoms with Crippen LogP contribution in [0.1, 0.15) is 40.4 Å². The number of likely N-dealkylation sites (tertiary alicyclic amines) is 1. The number of piperidine rings is 1. The van der Waals surface area contributed by atoms with Gasteiger partial charge < -0.3 is 10.3 Å². The molecule has 29 heavy (non-hydrogen) atoms. The van der Waals surface area contributed by atoms with Crippen molar-refractivity contribution in [3.05, 3.63) is 65.7 Å². The Balaban J connectivity index is 1.32. The van der Waals surface area contributed by atoms with E-state index in [1.165, 1.54) is 16.5 Å². The number of nitrogens with zero attached hydrogens (tertiary/aromatic N) is 4. The van der Waals surface area contributed by atoms with E-state index in [0.717, 1.165) is 38.2 Å². The number of rotatable bonds is 4. The summed E-state index contributed by atoms with van der Waals surface area (Å²) in [6.45, 7) is 3.04. The van der Waals surface area contributed by atoms with Crippen LogP contribution in [0.15, 0.2) is 48.9 Å². The number of amides is 1. The van der Waals surface area contributed by atoms with E-state index in [9.17, 15) is 4.79 Å². The van der Waals surface area contributed by atoms with Crippen LogP contribution in [0, 0.1) is 0 Å². The Morgan fingerprint density at radius 3 is 2.90 bits per heavy atom. The molecule has 1 aliphatic rings. The summed E-state index contributed by atoms with van der Waals surface area (Å²) in [5, 5.41) is 8.42. The molecule has 2 N–H and O–H groups in total. The average molecular weight is 388 g/mol. The van der Waals surface area contributed by atoms with E-state index in [0.29, 0.717) is 17.1 Å². The fourth-order valence-corrected chi connectivity index (χ4v) is 4.40. The van der Waals surface area contributed by atoms with Gasteiger partial charge in [-0.25, -0.2) is 9.50 Å². The van der Waals surface area contributed by atoms with Crippen molar-refractivity contribution in [1.29, 1.82) is 0 Å². The third kappa shape index (κ3) is 3.17. The molecule has 148 valence electrons. The van der Waals surface area contributed by atoms with Gasteiger partial charge in [-0.2, -0.15) is 5.10 Å². The molecular formula is C22H24N6O. The molecule has 0 aliphatic carbocycles. The van der Waals surface area contributed by atoms with Gasteiger partial charge in [0.25, 0.3) is 5.91 Å². The lowest BCUT2D eigenvalue weighted by atomic mass is 9.93. The number of carbonyl (C=O) groups is 1. The molecule has 1 saturated heterocycles. The second-order valence-electron chi connectivity index (χ2n) is 7.65. The Hall–Kier alpha value is -3.19. The summed E-state index contributed by atoms with van der Waals surface area (Å²) in [4.78, 5) is 22.3. The Labute approximate surface area is 168 Å². The van der Waals surface area contributed by atoms with Crippen molar-refractivity contribution in [1.82, 2.24) is 29.8 Å². The van der Waals surface area contributed by atoms with Crippen LogP contribution in [0.3, 0.4) is 0 Å². The molecule has 4 heterocycles. The zero-order valence-corrected chi connectivity index (χ0v) is 16.4. The molecule has 0 saturated carbocycles. The van der Waals surface area contributed by atoms with Crippen molar-refractivity contribution in [2.24, 2.45) is 0 Å². The van der Waals surface area contributed by atoms with E-state index in [4.69, 9.17) is 0 Å². The van der Waals surface area contributed by atoms with Crippen LogP contribution in [0.25, 0.3) is 16.6 Å². The van der Waals surface area contributed by atoms with E-state index in [2.05, 4.69) is 55.7 Å². The van der Waals surface area contributed by atoms with Crippen LogP contribution in [0.2, 0.25) is 0 Å². The minimum absolute atomic E-state index is 0.154. The fourth-order valence-electron chi connectivity index (χ4n) is 4.40. The Bertz CT molecular complexity index is 1170. The first-order chi connectivity index (χ1) is 14.2. The Morgan fingerprint density at radius 2 is 2.07 bits per heavy atom. The highest BCUT2D eigenvalue weighted by Crippen LogP contribution is 2.30. The summed E-state index contributed by atoms with van der Waals surface area (Å²) in [6, 6.07) is 10.5. The molecule has 3 aromatic heterocycles. The molecule has 0 spiro atoms. The van der Waals surface area contributed by atoms with Gasteiger partial charge in [0.05, 0.1) is 6.20 Å². The summed E-state index contributed by atoms with van der Waals surface area (Å²) in [6.07, 6.45) is 7.66. The summed E-state index contributed by atoms with van der Waals surface area (Å²) in [5.41, 5.74) is 4.83. The number of aromatic nitrogens is 4. The second-order valence-corrected chi connectivity index (χ2v) is 7.65. The van der Waals surface area contributed by atoms with E-state index in [-0.39, 0.29) is 5.91 Å². The number of hydrogen-bond donors (Lipinski definition) is 2. The molecule has 0 atom stereocenters. The lowest BCUT2D eigenvalue weighted by Crippen LogP contribution is -2.33. The molecule has 7 nitrogen and oxygen atoms in total. The quantitative estimate of drug-likeness (QED) is 0.563. The van der Waals surface area contributed by atoms with Crippen LogP contribution in [0.4, 0.5) is 0 Å². The van der Waals surface area contributed by atoms with E-state index in [1.54, 1.807) is 19.4 Å². The summed E-state index contributed by atoms with van der Waals surface area (Å²) in [7, 11) is 1.62. The highest BCUT2D eigenvalue weighted by molar-refractivity contribution is 5.99. The van der Waals surface area contributed by atoms with Crippen LogP contribution in [-0.2, 0) is 6.54 Å². The van der Waals surface area contributed by atoms with Gasteiger partial charge in [-0.3, -0.25) is 9.69 Å². The molecule has 5 rings (SSSR count). The maximum atomic E-state index is 12.0. The molecular weight excluding hydrogens is 364 g/mol. The number of nitrogens with one attached hydrogen (secondary N) is 2. The summed E-state index contributed by atoms with van der Waals surface area (Å²) >= 11 is 0. The predicted molar refractivity (Wildman–Crippen MR) is 112 cm³/mol. The fraction of sp³-hybridized carbons (Fsp3) is 0.318. The van der Waals surface area contributed by atoms with Gasteiger partial charge in [0.2, 0.25) is 0 Å². The maximum Gasteiger partial charge on any atom is 0.256 e. The topological polar surface area (TPSA) is 78.3 Å². The largest absolute Gasteiger partial charge is 0.361 e. The molecule has 4 aromatic rings. The van der Waals surface area contributed by atoms with Crippen LogP contribution in [-0.4, -0.2) is 50.5 Å². The van der Waals surface area contributed by atoms with E-state index >= 15 is 0 Å². The zero-order chi connectivity index (χ0) is 19.8. The molecule has 1 amide bonds. The average Bonchev–Trinajstić information content (AvgIpc) is 3.38. The van der Waals surface area contributed by atoms with Crippen molar-refractivity contribution in [2.45, 2.75) is 25.3 Å².